The molecule has 4 nitrogen and oxygen atoms in total. The Kier molecular flexibility index (Phi) is 3.93. The van der Waals surface area contributed by atoms with Crippen molar-refractivity contribution in [1.29, 1.82) is 0 Å². The quantitative estimate of drug-likeness (QED) is 0.815. The molecule has 1 atom stereocenters. The fourth-order valence-corrected chi connectivity index (χ4v) is 3.82. The van der Waals surface area contributed by atoms with Crippen LogP contribution in [0.15, 0.2) is 65.4 Å². The van der Waals surface area contributed by atoms with Gasteiger partial charge in [0.2, 0.25) is 0 Å². The highest BCUT2D eigenvalue weighted by molar-refractivity contribution is 6.30. The van der Waals surface area contributed by atoms with Crippen molar-refractivity contribution in [2.24, 2.45) is 0 Å². The third-order valence-electron chi connectivity index (χ3n) is 4.86. The molecule has 0 fully saturated rings. The third kappa shape index (κ3) is 2.37. The Labute approximate surface area is 156 Å². The van der Waals surface area contributed by atoms with Gasteiger partial charge in [-0.2, -0.15) is 0 Å². The molecule has 0 saturated heterocycles. The fourth-order valence-electron chi connectivity index (χ4n) is 3.70. The number of benzene rings is 2. The number of allylic oxidation sites excluding steroid dienone is 2. The Hall–Kier alpha value is -2.85. The maximum absolute atomic E-state index is 13.1. The minimum atomic E-state index is -0.504. The summed E-state index contributed by atoms with van der Waals surface area (Å²) in [7, 11) is 1.34. The van der Waals surface area contributed by atoms with Crippen molar-refractivity contribution >= 4 is 29.1 Å². The van der Waals surface area contributed by atoms with E-state index in [1.165, 1.54) is 7.11 Å². The molecule has 0 radical (unpaired) electrons. The van der Waals surface area contributed by atoms with Gasteiger partial charge in [-0.05, 0) is 24.6 Å². The van der Waals surface area contributed by atoms with E-state index in [1.54, 1.807) is 12.1 Å². The van der Waals surface area contributed by atoms with Gasteiger partial charge in [-0.3, -0.25) is 4.79 Å². The molecule has 0 amide bonds. The molecule has 1 aliphatic carbocycles. The van der Waals surface area contributed by atoms with Crippen molar-refractivity contribution in [1.82, 2.24) is 5.32 Å². The second-order valence-corrected chi connectivity index (χ2v) is 6.74. The molecule has 0 unspecified atom stereocenters. The number of methoxy groups -OCH3 is 1. The summed E-state index contributed by atoms with van der Waals surface area (Å²) in [5.74, 6) is -1.03. The van der Waals surface area contributed by atoms with Gasteiger partial charge in [0.05, 0.1) is 18.4 Å². The summed E-state index contributed by atoms with van der Waals surface area (Å²) in [5, 5.41) is 3.85. The maximum atomic E-state index is 13.1. The summed E-state index contributed by atoms with van der Waals surface area (Å²) in [5.41, 5.74) is 4.77. The lowest BCUT2D eigenvalue weighted by Gasteiger charge is -2.29. The highest BCUT2D eigenvalue weighted by atomic mass is 35.5. The van der Waals surface area contributed by atoms with Crippen LogP contribution in [0.25, 0.3) is 5.70 Å². The molecule has 2 aromatic carbocycles. The molecular weight excluding hydrogens is 350 g/mol. The Morgan fingerprint density at radius 2 is 1.73 bits per heavy atom. The zero-order valence-electron chi connectivity index (χ0n) is 14.3. The van der Waals surface area contributed by atoms with Crippen molar-refractivity contribution in [2.45, 2.75) is 12.8 Å². The molecule has 5 heteroatoms. The summed E-state index contributed by atoms with van der Waals surface area (Å²) in [6.07, 6.45) is 0. The molecular formula is C21H16ClNO3. The van der Waals surface area contributed by atoms with Crippen molar-refractivity contribution in [3.05, 3.63) is 87.1 Å². The number of rotatable bonds is 2. The number of esters is 1. The lowest BCUT2D eigenvalue weighted by molar-refractivity contribution is -0.136. The molecule has 1 aliphatic heterocycles. The summed E-state index contributed by atoms with van der Waals surface area (Å²) < 4.78 is 5.00. The van der Waals surface area contributed by atoms with Gasteiger partial charge in [0, 0.05) is 33.3 Å². The number of dihydropyridines is 1. The zero-order chi connectivity index (χ0) is 18.4. The van der Waals surface area contributed by atoms with E-state index in [1.807, 2.05) is 43.3 Å². The van der Waals surface area contributed by atoms with Crippen LogP contribution in [0.4, 0.5) is 0 Å². The van der Waals surface area contributed by atoms with E-state index in [0.717, 1.165) is 16.8 Å². The Morgan fingerprint density at radius 1 is 1.08 bits per heavy atom. The average Bonchev–Trinajstić information content (AvgIpc) is 2.93. The van der Waals surface area contributed by atoms with Crippen LogP contribution >= 0.6 is 11.6 Å². The monoisotopic (exact) mass is 365 g/mol. The van der Waals surface area contributed by atoms with Crippen molar-refractivity contribution in [3.63, 3.8) is 0 Å². The van der Waals surface area contributed by atoms with E-state index in [2.05, 4.69) is 5.32 Å². The second kappa shape index (κ2) is 6.15. The van der Waals surface area contributed by atoms with Crippen molar-refractivity contribution in [3.8, 4) is 0 Å². The van der Waals surface area contributed by atoms with Crippen LogP contribution in [-0.2, 0) is 9.53 Å². The van der Waals surface area contributed by atoms with Gasteiger partial charge in [-0.1, -0.05) is 48.0 Å². The highest BCUT2D eigenvalue weighted by Crippen LogP contribution is 2.46. The molecule has 4 rings (SSSR count). The number of fused-ring (bicyclic) bond motifs is 2. The van der Waals surface area contributed by atoms with Crippen LogP contribution in [0.2, 0.25) is 5.02 Å². The second-order valence-electron chi connectivity index (χ2n) is 6.30. The summed E-state index contributed by atoms with van der Waals surface area (Å²) >= 11 is 6.02. The van der Waals surface area contributed by atoms with Crippen LogP contribution in [0, 0.1) is 0 Å². The number of hydrogen-bond acceptors (Lipinski definition) is 4. The van der Waals surface area contributed by atoms with E-state index < -0.39 is 11.9 Å². The predicted octanol–water partition coefficient (Wildman–Crippen LogP) is 4.08. The number of nitrogens with one attached hydrogen (secondary N) is 1. The Morgan fingerprint density at radius 3 is 2.38 bits per heavy atom. The largest absolute Gasteiger partial charge is 0.466 e. The normalized spacial score (nSPS) is 18.4. The summed E-state index contributed by atoms with van der Waals surface area (Å²) in [4.78, 5) is 25.7. The fraction of sp³-hybridized carbons (Fsp3) is 0.143. The SMILES string of the molecule is COC(=O)C1=C(C)NC2=C(C(=O)c3ccccc32)[C@H]1c1ccc(Cl)cc1. The van der Waals surface area contributed by atoms with Crippen LogP contribution < -0.4 is 5.32 Å². The molecule has 0 aromatic heterocycles. The standard InChI is InChI=1S/C21H16ClNO3/c1-11-16(21(25)26-2)17(12-7-9-13(22)10-8-12)18-19(23-11)14-5-3-4-6-15(14)20(18)24/h3-10,17,23H,1-2H3/t17-/m0/s1. The number of ketones is 1. The lowest BCUT2D eigenvalue weighted by Crippen LogP contribution is -2.29. The van der Waals surface area contributed by atoms with Gasteiger partial charge in [0.15, 0.2) is 5.78 Å². The minimum absolute atomic E-state index is 0.0723. The zero-order valence-corrected chi connectivity index (χ0v) is 15.1. The molecule has 0 spiro atoms. The molecule has 1 N–H and O–H groups in total. The third-order valence-corrected chi connectivity index (χ3v) is 5.11. The molecule has 2 aliphatic rings. The summed E-state index contributed by atoms with van der Waals surface area (Å²) in [6.45, 7) is 1.82. The molecule has 1 heterocycles. The van der Waals surface area contributed by atoms with Crippen LogP contribution in [-0.4, -0.2) is 18.9 Å². The molecule has 26 heavy (non-hydrogen) atoms. The lowest BCUT2D eigenvalue weighted by atomic mass is 9.80. The van der Waals surface area contributed by atoms with E-state index in [9.17, 15) is 9.59 Å². The van der Waals surface area contributed by atoms with Gasteiger partial charge >= 0.3 is 5.97 Å². The van der Waals surface area contributed by atoms with Gasteiger partial charge in [-0.25, -0.2) is 4.79 Å². The Balaban J connectivity index is 1.95. The maximum Gasteiger partial charge on any atom is 0.336 e. The van der Waals surface area contributed by atoms with Crippen LogP contribution in [0.5, 0.6) is 0 Å². The number of hydrogen-bond donors (Lipinski definition) is 1. The van der Waals surface area contributed by atoms with Crippen molar-refractivity contribution in [2.75, 3.05) is 7.11 Å². The average molecular weight is 366 g/mol. The van der Waals surface area contributed by atoms with Crippen LogP contribution in [0.1, 0.15) is 34.3 Å². The predicted molar refractivity (Wildman–Crippen MR) is 99.7 cm³/mol. The molecule has 0 saturated carbocycles. The number of ether oxygens (including phenoxy) is 1. The van der Waals surface area contributed by atoms with E-state index in [4.69, 9.17) is 16.3 Å². The molecule has 0 bridgehead atoms. The molecule has 2 aromatic rings. The first-order valence-corrected chi connectivity index (χ1v) is 8.60. The molecule has 130 valence electrons. The number of carbonyl (C=O) groups is 2. The Bertz CT molecular complexity index is 1000. The number of carbonyl (C=O) groups excluding carboxylic acids is 2. The first kappa shape index (κ1) is 16.6. The van der Waals surface area contributed by atoms with E-state index >= 15 is 0 Å². The highest BCUT2D eigenvalue weighted by Gasteiger charge is 2.42. The number of halogens is 1. The van der Waals surface area contributed by atoms with Gasteiger partial charge in [-0.15, -0.1) is 0 Å². The first-order chi connectivity index (χ1) is 12.5. The summed E-state index contributed by atoms with van der Waals surface area (Å²) in [6, 6.07) is 14.7. The first-order valence-electron chi connectivity index (χ1n) is 8.22. The van der Waals surface area contributed by atoms with E-state index in [0.29, 0.717) is 27.4 Å². The van der Waals surface area contributed by atoms with Crippen molar-refractivity contribution < 1.29 is 14.3 Å². The smallest absolute Gasteiger partial charge is 0.336 e. The number of Topliss-reactive ketones (excluding diaryl/α,β-unsaturated/α-hetero) is 1. The van der Waals surface area contributed by atoms with E-state index in [-0.39, 0.29) is 5.78 Å². The van der Waals surface area contributed by atoms with Gasteiger partial charge in [0.1, 0.15) is 0 Å². The van der Waals surface area contributed by atoms with Gasteiger partial charge in [0.25, 0.3) is 0 Å². The minimum Gasteiger partial charge on any atom is -0.466 e. The van der Waals surface area contributed by atoms with Gasteiger partial charge < -0.3 is 10.1 Å². The topological polar surface area (TPSA) is 55.4 Å². The van der Waals surface area contributed by atoms with Crippen LogP contribution in [0.3, 0.4) is 0 Å².